The Morgan fingerprint density at radius 3 is 2.09 bits per heavy atom. The molecule has 0 aliphatic rings. The highest BCUT2D eigenvalue weighted by Crippen LogP contribution is 2.22. The van der Waals surface area contributed by atoms with Crippen molar-refractivity contribution in [1.82, 2.24) is 0 Å². The summed E-state index contributed by atoms with van der Waals surface area (Å²) in [5, 5.41) is 2.81. The van der Waals surface area contributed by atoms with Gasteiger partial charge < -0.3 is 15.0 Å². The van der Waals surface area contributed by atoms with E-state index < -0.39 is 0 Å². The van der Waals surface area contributed by atoms with Gasteiger partial charge in [-0.2, -0.15) is 0 Å². The minimum absolute atomic E-state index is 0.125. The van der Waals surface area contributed by atoms with Crippen molar-refractivity contribution < 1.29 is 14.3 Å². The number of hydrogen-bond donors (Lipinski definition) is 1. The second-order valence-corrected chi connectivity index (χ2v) is 7.69. The van der Waals surface area contributed by atoms with E-state index in [2.05, 4.69) is 5.32 Å². The van der Waals surface area contributed by atoms with E-state index in [9.17, 15) is 9.59 Å². The van der Waals surface area contributed by atoms with Gasteiger partial charge in [0.1, 0.15) is 5.75 Å². The molecule has 5 heteroatoms. The number of anilines is 2. The van der Waals surface area contributed by atoms with Crippen molar-refractivity contribution in [1.29, 1.82) is 0 Å². The molecule has 5 nitrogen and oxygen atoms in total. The average molecular weight is 451 g/mol. The van der Waals surface area contributed by atoms with E-state index in [1.165, 1.54) is 0 Å². The topological polar surface area (TPSA) is 58.6 Å². The molecule has 4 aromatic rings. The molecule has 0 atom stereocenters. The molecule has 2 amide bonds. The number of rotatable bonds is 8. The van der Waals surface area contributed by atoms with E-state index in [0.29, 0.717) is 23.5 Å². The maximum atomic E-state index is 13.0. The zero-order valence-electron chi connectivity index (χ0n) is 19.0. The van der Waals surface area contributed by atoms with Gasteiger partial charge in [0, 0.05) is 23.5 Å². The highest BCUT2D eigenvalue weighted by atomic mass is 16.5. The second kappa shape index (κ2) is 11.0. The largest absolute Gasteiger partial charge is 0.484 e. The van der Waals surface area contributed by atoms with Crippen molar-refractivity contribution in [2.24, 2.45) is 0 Å². The first-order valence-corrected chi connectivity index (χ1v) is 11.2. The van der Waals surface area contributed by atoms with Crippen LogP contribution in [-0.2, 0) is 4.79 Å². The summed E-state index contributed by atoms with van der Waals surface area (Å²) in [4.78, 5) is 27.2. The molecule has 0 fully saturated rings. The Morgan fingerprint density at radius 1 is 0.765 bits per heavy atom. The van der Waals surface area contributed by atoms with Crippen LogP contribution in [0.3, 0.4) is 0 Å². The lowest BCUT2D eigenvalue weighted by atomic mass is 10.1. The first kappa shape index (κ1) is 22.8. The molecule has 0 radical (unpaired) electrons. The zero-order valence-corrected chi connectivity index (χ0v) is 19.0. The fraction of sp³-hybridized carbons (Fsp3) is 0.103. The summed E-state index contributed by atoms with van der Waals surface area (Å²) in [6, 6.07) is 34.1. The van der Waals surface area contributed by atoms with Crippen molar-refractivity contribution in [3.05, 3.63) is 115 Å². The maximum Gasteiger partial charge on any atom is 0.262 e. The first-order chi connectivity index (χ1) is 16.6. The lowest BCUT2D eigenvalue weighted by Crippen LogP contribution is -2.30. The van der Waals surface area contributed by atoms with Crippen LogP contribution in [0.2, 0.25) is 0 Å². The van der Waals surface area contributed by atoms with Crippen LogP contribution < -0.4 is 15.0 Å². The van der Waals surface area contributed by atoms with Gasteiger partial charge in [-0.15, -0.1) is 0 Å². The summed E-state index contributed by atoms with van der Waals surface area (Å²) in [6.45, 7) is 2.34. The van der Waals surface area contributed by atoms with Gasteiger partial charge in [0.05, 0.1) is 0 Å². The molecule has 4 aromatic carbocycles. The maximum absolute atomic E-state index is 13.0. The normalized spacial score (nSPS) is 10.4. The molecule has 0 aliphatic carbocycles. The average Bonchev–Trinajstić information content (AvgIpc) is 2.89. The van der Waals surface area contributed by atoms with Gasteiger partial charge in [0.2, 0.25) is 0 Å². The van der Waals surface area contributed by atoms with Crippen LogP contribution in [0.25, 0.3) is 11.1 Å². The summed E-state index contributed by atoms with van der Waals surface area (Å²) in [7, 11) is 0. The van der Waals surface area contributed by atoms with Crippen LogP contribution in [0, 0.1) is 0 Å². The van der Waals surface area contributed by atoms with Gasteiger partial charge in [0.15, 0.2) is 6.61 Å². The molecule has 0 aliphatic heterocycles. The van der Waals surface area contributed by atoms with E-state index in [0.717, 1.165) is 16.8 Å². The third kappa shape index (κ3) is 5.70. The van der Waals surface area contributed by atoms with Crippen molar-refractivity contribution in [2.75, 3.05) is 23.4 Å². The quantitative estimate of drug-likeness (QED) is 0.356. The number of carbonyl (C=O) groups is 2. The zero-order chi connectivity index (χ0) is 23.8. The first-order valence-electron chi connectivity index (χ1n) is 11.2. The molecular weight excluding hydrogens is 424 g/mol. The SMILES string of the molecule is CCN(C(=O)c1cccc(NC(=O)COc2ccc(-c3ccccc3)cc2)c1)c1ccccc1. The fourth-order valence-electron chi connectivity index (χ4n) is 3.66. The molecule has 0 saturated carbocycles. The van der Waals surface area contributed by atoms with E-state index in [1.807, 2.05) is 91.9 Å². The molecule has 0 saturated heterocycles. The third-order valence-corrected chi connectivity index (χ3v) is 5.35. The summed E-state index contributed by atoms with van der Waals surface area (Å²) in [5.41, 5.74) is 4.07. The van der Waals surface area contributed by atoms with Crippen LogP contribution in [-0.4, -0.2) is 25.0 Å². The monoisotopic (exact) mass is 450 g/mol. The molecular formula is C29H26N2O3. The highest BCUT2D eigenvalue weighted by Gasteiger charge is 2.16. The van der Waals surface area contributed by atoms with Crippen molar-refractivity contribution in [3.63, 3.8) is 0 Å². The number of nitrogens with one attached hydrogen (secondary N) is 1. The second-order valence-electron chi connectivity index (χ2n) is 7.69. The Bertz CT molecular complexity index is 1240. The summed E-state index contributed by atoms with van der Waals surface area (Å²) < 4.78 is 5.63. The Labute approximate surface area is 199 Å². The molecule has 170 valence electrons. The fourth-order valence-corrected chi connectivity index (χ4v) is 3.66. The molecule has 0 bridgehead atoms. The smallest absolute Gasteiger partial charge is 0.262 e. The van der Waals surface area contributed by atoms with Crippen LogP contribution in [0.5, 0.6) is 5.75 Å². The standard InChI is InChI=1S/C29H26N2O3/c1-2-31(26-14-7-4-8-15-26)29(33)24-12-9-13-25(20-24)30-28(32)21-34-27-18-16-23(17-19-27)22-10-5-3-6-11-22/h3-20H,2,21H2,1H3,(H,30,32). The predicted octanol–water partition coefficient (Wildman–Crippen LogP) is 6.04. The van der Waals surface area contributed by atoms with Gasteiger partial charge in [-0.05, 0) is 60.5 Å². The lowest BCUT2D eigenvalue weighted by Gasteiger charge is -2.21. The highest BCUT2D eigenvalue weighted by molar-refractivity contribution is 6.07. The van der Waals surface area contributed by atoms with Crippen molar-refractivity contribution in [2.45, 2.75) is 6.92 Å². The minimum atomic E-state index is -0.299. The summed E-state index contributed by atoms with van der Waals surface area (Å²) in [5.74, 6) is 0.187. The van der Waals surface area contributed by atoms with Crippen LogP contribution >= 0.6 is 0 Å². The van der Waals surface area contributed by atoms with Gasteiger partial charge in [-0.25, -0.2) is 0 Å². The molecule has 0 heterocycles. The summed E-state index contributed by atoms with van der Waals surface area (Å²) in [6.07, 6.45) is 0. The van der Waals surface area contributed by atoms with Crippen LogP contribution in [0.15, 0.2) is 109 Å². The Hall–Kier alpha value is -4.38. The number of ether oxygens (including phenoxy) is 1. The molecule has 34 heavy (non-hydrogen) atoms. The van der Waals surface area contributed by atoms with E-state index in [4.69, 9.17) is 4.74 Å². The van der Waals surface area contributed by atoms with Crippen LogP contribution in [0.4, 0.5) is 11.4 Å². The Balaban J connectivity index is 1.35. The van der Waals surface area contributed by atoms with Crippen molar-refractivity contribution >= 4 is 23.2 Å². The van der Waals surface area contributed by atoms with Gasteiger partial charge >= 0.3 is 0 Å². The number of nitrogens with zero attached hydrogens (tertiary/aromatic N) is 1. The number of amides is 2. The number of hydrogen-bond acceptors (Lipinski definition) is 3. The minimum Gasteiger partial charge on any atom is -0.484 e. The van der Waals surface area contributed by atoms with E-state index in [1.54, 1.807) is 29.2 Å². The van der Waals surface area contributed by atoms with E-state index in [-0.39, 0.29) is 18.4 Å². The molecule has 1 N–H and O–H groups in total. The molecule has 0 aromatic heterocycles. The lowest BCUT2D eigenvalue weighted by molar-refractivity contribution is -0.118. The molecule has 4 rings (SSSR count). The van der Waals surface area contributed by atoms with Gasteiger partial charge in [-0.3, -0.25) is 9.59 Å². The molecule has 0 spiro atoms. The predicted molar refractivity (Wildman–Crippen MR) is 136 cm³/mol. The van der Waals surface area contributed by atoms with Crippen molar-refractivity contribution in [3.8, 4) is 16.9 Å². The number of carbonyl (C=O) groups excluding carboxylic acids is 2. The van der Waals surface area contributed by atoms with Gasteiger partial charge in [0.25, 0.3) is 11.8 Å². The van der Waals surface area contributed by atoms with Crippen LogP contribution in [0.1, 0.15) is 17.3 Å². The Kier molecular flexibility index (Phi) is 7.35. The summed E-state index contributed by atoms with van der Waals surface area (Å²) >= 11 is 0. The third-order valence-electron chi connectivity index (χ3n) is 5.35. The van der Waals surface area contributed by atoms with E-state index >= 15 is 0 Å². The number of para-hydroxylation sites is 1. The number of benzene rings is 4. The van der Waals surface area contributed by atoms with Gasteiger partial charge in [-0.1, -0.05) is 66.7 Å². The Morgan fingerprint density at radius 2 is 1.41 bits per heavy atom. The molecule has 0 unspecified atom stereocenters.